The zero-order valence-electron chi connectivity index (χ0n) is 15.8. The molecule has 0 saturated heterocycles. The first-order valence-electron chi connectivity index (χ1n) is 9.10. The summed E-state index contributed by atoms with van der Waals surface area (Å²) >= 11 is 12.0. The molecule has 0 aliphatic carbocycles. The highest BCUT2D eigenvalue weighted by Crippen LogP contribution is 2.32. The van der Waals surface area contributed by atoms with E-state index in [0.717, 1.165) is 0 Å². The van der Waals surface area contributed by atoms with Crippen LogP contribution in [0.3, 0.4) is 0 Å². The molecule has 0 radical (unpaired) electrons. The van der Waals surface area contributed by atoms with Crippen LogP contribution < -0.4 is 19.5 Å². The van der Waals surface area contributed by atoms with E-state index < -0.39 is 22.0 Å². The maximum Gasteiger partial charge on any atom is 0.269 e. The van der Waals surface area contributed by atoms with Gasteiger partial charge < -0.3 is 14.8 Å². The van der Waals surface area contributed by atoms with Crippen LogP contribution in [-0.4, -0.2) is 27.0 Å². The quantitative estimate of drug-likeness (QED) is 0.559. The number of halogens is 2. The second-order valence-corrected chi connectivity index (χ2v) is 9.05. The predicted octanol–water partition coefficient (Wildman–Crippen LogP) is 4.57. The first-order chi connectivity index (χ1) is 14.8. The van der Waals surface area contributed by atoms with Crippen molar-refractivity contribution < 1.29 is 22.7 Å². The summed E-state index contributed by atoms with van der Waals surface area (Å²) in [5.41, 5.74) is 0.577. The van der Waals surface area contributed by atoms with Gasteiger partial charge in [-0.25, -0.2) is 8.42 Å². The normalized spacial score (nSPS) is 15.2. The molecular weight excluding hydrogens is 463 g/mol. The molecule has 160 valence electrons. The van der Waals surface area contributed by atoms with E-state index >= 15 is 0 Å². The van der Waals surface area contributed by atoms with Crippen molar-refractivity contribution >= 4 is 50.5 Å². The highest BCUT2D eigenvalue weighted by Gasteiger charge is 2.27. The molecule has 3 aromatic carbocycles. The Morgan fingerprint density at radius 1 is 0.935 bits per heavy atom. The van der Waals surface area contributed by atoms with Crippen LogP contribution in [0.4, 0.5) is 11.4 Å². The van der Waals surface area contributed by atoms with Crippen LogP contribution in [0.25, 0.3) is 0 Å². The van der Waals surface area contributed by atoms with Crippen LogP contribution in [-0.2, 0) is 14.8 Å². The molecule has 1 aliphatic heterocycles. The highest BCUT2D eigenvalue weighted by atomic mass is 35.5. The summed E-state index contributed by atoms with van der Waals surface area (Å²) in [4.78, 5) is 12.5. The summed E-state index contributed by atoms with van der Waals surface area (Å²) in [6, 6.07) is 17.4. The summed E-state index contributed by atoms with van der Waals surface area (Å²) in [6.45, 7) is 0.0691. The molecule has 0 bridgehead atoms. The average Bonchev–Trinajstić information content (AvgIpc) is 2.77. The summed E-state index contributed by atoms with van der Waals surface area (Å²) < 4.78 is 38.9. The zero-order valence-corrected chi connectivity index (χ0v) is 18.2. The first kappa shape index (κ1) is 21.3. The molecular formula is C21H16Cl2N2O5S. The molecule has 0 saturated carbocycles. The first-order valence-corrected chi connectivity index (χ1v) is 11.3. The van der Waals surface area contributed by atoms with Crippen molar-refractivity contribution in [3.05, 3.63) is 76.8 Å². The molecule has 31 heavy (non-hydrogen) atoms. The number of carbonyl (C=O) groups is 1. The largest absolute Gasteiger partial charge is 0.485 e. The Balaban J connectivity index is 1.43. The van der Waals surface area contributed by atoms with Gasteiger partial charge in [-0.15, -0.1) is 0 Å². The van der Waals surface area contributed by atoms with Crippen molar-refractivity contribution in [2.24, 2.45) is 0 Å². The van der Waals surface area contributed by atoms with Gasteiger partial charge in [0.05, 0.1) is 20.6 Å². The van der Waals surface area contributed by atoms with Crippen LogP contribution in [0, 0.1) is 0 Å². The minimum absolute atomic E-state index is 0.00674. The van der Waals surface area contributed by atoms with Crippen LogP contribution in [0.2, 0.25) is 10.0 Å². The summed E-state index contributed by atoms with van der Waals surface area (Å²) in [5.74, 6) is 0.656. The third-order valence-corrected chi connectivity index (χ3v) is 6.63. The van der Waals surface area contributed by atoms with E-state index in [2.05, 4.69) is 10.0 Å². The number of benzene rings is 3. The van der Waals surface area contributed by atoms with Crippen LogP contribution in [0.1, 0.15) is 0 Å². The molecule has 7 nitrogen and oxygen atoms in total. The van der Waals surface area contributed by atoms with Gasteiger partial charge in [-0.2, -0.15) is 0 Å². The molecule has 1 heterocycles. The number of rotatable bonds is 5. The minimum Gasteiger partial charge on any atom is -0.485 e. The fraction of sp³-hybridized carbons (Fsp3) is 0.0952. The summed E-state index contributed by atoms with van der Waals surface area (Å²) in [6.07, 6.45) is -0.829. The van der Waals surface area contributed by atoms with Gasteiger partial charge >= 0.3 is 0 Å². The van der Waals surface area contributed by atoms with Crippen molar-refractivity contribution in [1.29, 1.82) is 0 Å². The Morgan fingerprint density at radius 2 is 1.65 bits per heavy atom. The van der Waals surface area contributed by atoms with E-state index in [4.69, 9.17) is 32.7 Å². The molecule has 4 rings (SSSR count). The Bertz CT molecular complexity index is 1230. The van der Waals surface area contributed by atoms with Crippen molar-refractivity contribution in [3.63, 3.8) is 0 Å². The van der Waals surface area contributed by atoms with Crippen LogP contribution >= 0.6 is 23.2 Å². The van der Waals surface area contributed by atoms with Gasteiger partial charge in [0, 0.05) is 5.69 Å². The summed E-state index contributed by atoms with van der Waals surface area (Å²) in [7, 11) is -3.90. The molecule has 10 heteroatoms. The summed E-state index contributed by atoms with van der Waals surface area (Å²) in [5, 5.41) is 3.03. The van der Waals surface area contributed by atoms with E-state index in [0.29, 0.717) is 17.2 Å². The van der Waals surface area contributed by atoms with Gasteiger partial charge in [0.25, 0.3) is 15.9 Å². The molecule has 2 N–H and O–H groups in total. The Kier molecular flexibility index (Phi) is 5.95. The van der Waals surface area contributed by atoms with Crippen molar-refractivity contribution in [1.82, 2.24) is 0 Å². The van der Waals surface area contributed by atoms with Gasteiger partial charge in [0.1, 0.15) is 6.61 Å². The smallest absolute Gasteiger partial charge is 0.269 e. The topological polar surface area (TPSA) is 93.7 Å². The number of ether oxygens (including phenoxy) is 2. The second kappa shape index (κ2) is 8.66. The predicted molar refractivity (Wildman–Crippen MR) is 119 cm³/mol. The lowest BCUT2D eigenvalue weighted by atomic mass is 10.2. The standard InChI is InChI=1S/C21H16Cl2N2O5S/c22-15-4-3-5-16(20(15)23)25-31(27,28)14-10-8-13(9-11-14)24-21(26)19-12-29-17-6-1-2-7-18(17)30-19/h1-11,19,25H,12H2,(H,24,26)/t19-/m1/s1. The van der Waals surface area contributed by atoms with Crippen molar-refractivity contribution in [2.45, 2.75) is 11.0 Å². The van der Waals surface area contributed by atoms with Crippen LogP contribution in [0.5, 0.6) is 11.5 Å². The zero-order chi connectivity index (χ0) is 22.0. The van der Waals surface area contributed by atoms with Crippen molar-refractivity contribution in [3.8, 4) is 11.5 Å². The van der Waals surface area contributed by atoms with Gasteiger partial charge in [0.2, 0.25) is 6.10 Å². The molecule has 0 unspecified atom stereocenters. The number of anilines is 2. The third-order valence-electron chi connectivity index (χ3n) is 4.43. The van der Waals surface area contributed by atoms with E-state index in [-0.39, 0.29) is 27.2 Å². The lowest BCUT2D eigenvalue weighted by Gasteiger charge is -2.25. The molecule has 0 spiro atoms. The molecule has 1 atom stereocenters. The molecule has 0 fully saturated rings. The number of carbonyl (C=O) groups excluding carboxylic acids is 1. The number of nitrogens with one attached hydrogen (secondary N) is 2. The fourth-order valence-electron chi connectivity index (χ4n) is 2.88. The maximum atomic E-state index is 12.6. The van der Waals surface area contributed by atoms with E-state index in [1.807, 2.05) is 6.07 Å². The second-order valence-electron chi connectivity index (χ2n) is 6.58. The third kappa shape index (κ3) is 4.71. The van der Waals surface area contributed by atoms with Crippen LogP contribution in [0.15, 0.2) is 71.6 Å². The molecule has 1 amide bonds. The number of amides is 1. The molecule has 0 aromatic heterocycles. The van der Waals surface area contributed by atoms with Crippen molar-refractivity contribution in [2.75, 3.05) is 16.6 Å². The van der Waals surface area contributed by atoms with E-state index in [1.165, 1.54) is 30.3 Å². The highest BCUT2D eigenvalue weighted by molar-refractivity contribution is 7.92. The number of sulfonamides is 1. The van der Waals surface area contributed by atoms with Gasteiger partial charge in [-0.1, -0.05) is 41.4 Å². The number of hydrogen-bond acceptors (Lipinski definition) is 5. The Hall–Kier alpha value is -2.94. The fourth-order valence-corrected chi connectivity index (χ4v) is 4.35. The number of fused-ring (bicyclic) bond motifs is 1. The lowest BCUT2D eigenvalue weighted by Crippen LogP contribution is -2.40. The maximum absolute atomic E-state index is 12.6. The Labute approximate surface area is 188 Å². The average molecular weight is 479 g/mol. The van der Waals surface area contributed by atoms with E-state index in [1.54, 1.807) is 30.3 Å². The molecule has 1 aliphatic rings. The van der Waals surface area contributed by atoms with Gasteiger partial charge in [-0.3, -0.25) is 9.52 Å². The monoisotopic (exact) mass is 478 g/mol. The van der Waals surface area contributed by atoms with Gasteiger partial charge in [0.15, 0.2) is 11.5 Å². The van der Waals surface area contributed by atoms with E-state index in [9.17, 15) is 13.2 Å². The lowest BCUT2D eigenvalue weighted by molar-refractivity contribution is -0.125. The van der Waals surface area contributed by atoms with Gasteiger partial charge in [-0.05, 0) is 48.5 Å². The number of para-hydroxylation sites is 2. The number of hydrogen-bond donors (Lipinski definition) is 2. The minimum atomic E-state index is -3.90. The Morgan fingerprint density at radius 3 is 2.39 bits per heavy atom. The molecule has 3 aromatic rings. The SMILES string of the molecule is O=C(Nc1ccc(S(=O)(=O)Nc2cccc(Cl)c2Cl)cc1)[C@H]1COc2ccccc2O1.